The first-order valence-corrected chi connectivity index (χ1v) is 11.9. The lowest BCUT2D eigenvalue weighted by Gasteiger charge is -2.16. The van der Waals surface area contributed by atoms with Crippen LogP contribution in [-0.2, 0) is 23.7 Å². The number of unbranched alkanes of at least 4 members (excludes halogenated alkanes) is 10. The van der Waals surface area contributed by atoms with Crippen LogP contribution in [-0.4, -0.2) is 26.1 Å². The average molecular weight is 508 g/mol. The van der Waals surface area contributed by atoms with Crippen LogP contribution >= 0.6 is 0 Å². The lowest BCUT2D eigenvalue weighted by molar-refractivity contribution is -0.162. The summed E-state index contributed by atoms with van der Waals surface area (Å²) in [5.74, 6) is -0.743. The van der Waals surface area contributed by atoms with Gasteiger partial charge in [0.15, 0.2) is 0 Å². The van der Waals surface area contributed by atoms with E-state index in [0.717, 1.165) is 76.7 Å². The number of benzene rings is 1. The van der Waals surface area contributed by atoms with Crippen molar-refractivity contribution in [1.29, 1.82) is 0 Å². The molecule has 0 bridgehead atoms. The zero-order valence-corrected chi connectivity index (χ0v) is 19.5. The zero-order valence-electron chi connectivity index (χ0n) is 19.5. The topological polar surface area (TPSA) is 68.0 Å². The number of aliphatic carboxylic acids is 1. The Bertz CT molecular complexity index is 925. The lowest BCUT2D eigenvalue weighted by atomic mass is 10.0. The standard InChI is InChI=1S/C24H31F6N3O2/c25-23(26,27)19-14-13-18(16-20(19)24(28,29)30)21-17-33(32-31-21)15-11-9-7-5-3-1-2-4-6-8-10-12-22(34)35/h13-14,16-17H,1-12,15H2,(H,34,35). The van der Waals surface area contributed by atoms with Crippen LogP contribution < -0.4 is 0 Å². The summed E-state index contributed by atoms with van der Waals surface area (Å²) in [5.41, 5.74) is -3.45. The Kier molecular flexibility index (Phi) is 11.0. The van der Waals surface area contributed by atoms with Crippen LogP contribution in [0.4, 0.5) is 26.3 Å². The highest BCUT2D eigenvalue weighted by atomic mass is 19.4. The van der Waals surface area contributed by atoms with Crippen LogP contribution in [0.25, 0.3) is 11.3 Å². The number of carboxylic acid groups (broad SMARTS) is 1. The van der Waals surface area contributed by atoms with Crippen molar-refractivity contribution in [3.05, 3.63) is 35.5 Å². The number of rotatable bonds is 15. The molecule has 1 aromatic carbocycles. The molecule has 0 saturated carbocycles. The fourth-order valence-electron chi connectivity index (χ4n) is 3.87. The molecule has 1 N–H and O–H groups in total. The fourth-order valence-corrected chi connectivity index (χ4v) is 3.87. The first-order chi connectivity index (χ1) is 16.5. The second-order valence-electron chi connectivity index (χ2n) is 8.66. The second kappa shape index (κ2) is 13.5. The normalized spacial score (nSPS) is 12.3. The summed E-state index contributed by atoms with van der Waals surface area (Å²) in [7, 11) is 0. The van der Waals surface area contributed by atoms with Gasteiger partial charge in [0.1, 0.15) is 5.69 Å². The number of aromatic nitrogens is 3. The number of nitrogens with zero attached hydrogens (tertiary/aromatic N) is 3. The first-order valence-electron chi connectivity index (χ1n) is 11.9. The van der Waals surface area contributed by atoms with Crippen molar-refractivity contribution in [2.75, 3.05) is 0 Å². The van der Waals surface area contributed by atoms with Crippen molar-refractivity contribution in [2.24, 2.45) is 0 Å². The van der Waals surface area contributed by atoms with Gasteiger partial charge in [-0.2, -0.15) is 26.3 Å². The Balaban J connectivity index is 1.69. The van der Waals surface area contributed by atoms with Crippen LogP contribution in [0.2, 0.25) is 0 Å². The molecule has 0 aliphatic rings. The van der Waals surface area contributed by atoms with Crippen LogP contribution in [0.5, 0.6) is 0 Å². The van der Waals surface area contributed by atoms with Crippen LogP contribution in [0.15, 0.2) is 24.4 Å². The Morgan fingerprint density at radius 3 is 1.80 bits per heavy atom. The van der Waals surface area contributed by atoms with E-state index in [2.05, 4.69) is 10.3 Å². The largest absolute Gasteiger partial charge is 0.481 e. The lowest BCUT2D eigenvalue weighted by Crippen LogP contribution is -2.16. The molecule has 11 heteroatoms. The maximum Gasteiger partial charge on any atom is 0.417 e. The molecular formula is C24H31F6N3O2. The molecule has 2 rings (SSSR count). The number of carbonyl (C=O) groups is 1. The van der Waals surface area contributed by atoms with Crippen LogP contribution in [0, 0.1) is 0 Å². The minimum Gasteiger partial charge on any atom is -0.481 e. The van der Waals surface area contributed by atoms with E-state index in [9.17, 15) is 31.1 Å². The molecule has 1 aromatic heterocycles. The van der Waals surface area contributed by atoms with Crippen molar-refractivity contribution < 1.29 is 36.2 Å². The van der Waals surface area contributed by atoms with Gasteiger partial charge in [0.25, 0.3) is 0 Å². The molecule has 0 fully saturated rings. The van der Waals surface area contributed by atoms with Crippen molar-refractivity contribution in [1.82, 2.24) is 15.0 Å². The molecule has 1 heterocycles. The Labute approximate surface area is 200 Å². The van der Waals surface area contributed by atoms with Gasteiger partial charge in [0, 0.05) is 18.5 Å². The van der Waals surface area contributed by atoms with E-state index < -0.39 is 29.4 Å². The molecule has 0 aliphatic heterocycles. The van der Waals surface area contributed by atoms with E-state index in [1.807, 2.05) is 0 Å². The number of carboxylic acids is 1. The van der Waals surface area contributed by atoms with Gasteiger partial charge in [0.05, 0.1) is 17.3 Å². The quantitative estimate of drug-likeness (QED) is 0.198. The smallest absolute Gasteiger partial charge is 0.417 e. The third-order valence-electron chi connectivity index (χ3n) is 5.74. The predicted molar refractivity (Wildman–Crippen MR) is 119 cm³/mol. The molecule has 0 radical (unpaired) electrons. The number of halogens is 6. The van der Waals surface area contributed by atoms with Gasteiger partial charge < -0.3 is 5.11 Å². The second-order valence-corrected chi connectivity index (χ2v) is 8.66. The van der Waals surface area contributed by atoms with Crippen molar-refractivity contribution >= 4 is 5.97 Å². The van der Waals surface area contributed by atoms with Gasteiger partial charge in [-0.25, -0.2) is 0 Å². The molecule has 0 unspecified atom stereocenters. The summed E-state index contributed by atoms with van der Waals surface area (Å²) in [5, 5.41) is 16.3. The number of hydrogen-bond donors (Lipinski definition) is 1. The summed E-state index contributed by atoms with van der Waals surface area (Å²) in [6.07, 6.45) is 2.68. The van der Waals surface area contributed by atoms with Gasteiger partial charge in [-0.3, -0.25) is 9.48 Å². The molecule has 5 nitrogen and oxygen atoms in total. The number of aryl methyl sites for hydroxylation is 1. The highest BCUT2D eigenvalue weighted by molar-refractivity contribution is 5.66. The monoisotopic (exact) mass is 507 g/mol. The molecule has 35 heavy (non-hydrogen) atoms. The maximum absolute atomic E-state index is 13.1. The molecule has 0 aliphatic carbocycles. The van der Waals surface area contributed by atoms with E-state index in [0.29, 0.717) is 18.7 Å². The van der Waals surface area contributed by atoms with E-state index in [1.54, 1.807) is 0 Å². The highest BCUT2D eigenvalue weighted by Gasteiger charge is 2.43. The van der Waals surface area contributed by atoms with E-state index >= 15 is 0 Å². The Hall–Kier alpha value is -2.59. The summed E-state index contributed by atoms with van der Waals surface area (Å²) in [4.78, 5) is 10.4. The molecular weight excluding hydrogens is 476 g/mol. The van der Waals surface area contributed by atoms with Crippen LogP contribution in [0.1, 0.15) is 88.2 Å². The van der Waals surface area contributed by atoms with Gasteiger partial charge >= 0.3 is 18.3 Å². The minimum absolute atomic E-state index is 0.0709. The molecule has 0 amide bonds. The molecule has 196 valence electrons. The maximum atomic E-state index is 13.1. The van der Waals surface area contributed by atoms with Gasteiger partial charge in [0.2, 0.25) is 0 Å². The molecule has 0 atom stereocenters. The van der Waals surface area contributed by atoms with Gasteiger partial charge in [-0.1, -0.05) is 69.1 Å². The Morgan fingerprint density at radius 1 is 0.771 bits per heavy atom. The molecule has 2 aromatic rings. The van der Waals surface area contributed by atoms with E-state index in [-0.39, 0.29) is 17.7 Å². The van der Waals surface area contributed by atoms with E-state index in [4.69, 9.17) is 5.11 Å². The first kappa shape index (κ1) is 28.6. The summed E-state index contributed by atoms with van der Waals surface area (Å²) >= 11 is 0. The van der Waals surface area contributed by atoms with Crippen molar-refractivity contribution in [3.8, 4) is 11.3 Å². The predicted octanol–water partition coefficient (Wildman–Crippen LogP) is 7.75. The highest BCUT2D eigenvalue weighted by Crippen LogP contribution is 2.41. The summed E-state index contributed by atoms with van der Waals surface area (Å²) < 4.78 is 79.7. The Morgan fingerprint density at radius 2 is 1.29 bits per heavy atom. The van der Waals surface area contributed by atoms with Gasteiger partial charge in [-0.15, -0.1) is 5.10 Å². The van der Waals surface area contributed by atoms with Crippen molar-refractivity contribution in [3.63, 3.8) is 0 Å². The number of alkyl halides is 6. The fraction of sp³-hybridized carbons (Fsp3) is 0.625. The average Bonchev–Trinajstić information content (AvgIpc) is 3.24. The molecule has 0 spiro atoms. The van der Waals surface area contributed by atoms with Crippen molar-refractivity contribution in [2.45, 2.75) is 95.9 Å². The summed E-state index contributed by atoms with van der Waals surface area (Å²) in [6, 6.07) is 1.87. The third kappa shape index (κ3) is 10.3. The summed E-state index contributed by atoms with van der Waals surface area (Å²) in [6.45, 7) is 0.524. The SMILES string of the molecule is O=C(O)CCCCCCCCCCCCCn1cc(-c2ccc(C(F)(F)F)c(C(F)(F)F)c2)nn1. The zero-order chi connectivity index (χ0) is 25.9. The third-order valence-corrected chi connectivity index (χ3v) is 5.74. The van der Waals surface area contributed by atoms with Crippen LogP contribution in [0.3, 0.4) is 0 Å². The van der Waals surface area contributed by atoms with E-state index in [1.165, 1.54) is 10.9 Å². The van der Waals surface area contributed by atoms with Gasteiger partial charge in [-0.05, 0) is 25.0 Å². The molecule has 0 saturated heterocycles. The minimum atomic E-state index is -5.14. The number of hydrogen-bond acceptors (Lipinski definition) is 3.